The third-order valence-electron chi connectivity index (χ3n) is 3.62. The van der Waals surface area contributed by atoms with Crippen LogP contribution in [0.2, 0.25) is 0 Å². The van der Waals surface area contributed by atoms with Crippen LogP contribution in [-0.4, -0.2) is 23.9 Å². The summed E-state index contributed by atoms with van der Waals surface area (Å²) in [5.74, 6) is -0.131. The molecule has 0 saturated carbocycles. The van der Waals surface area contributed by atoms with E-state index in [1.165, 1.54) is 0 Å². The highest BCUT2D eigenvalue weighted by atomic mass is 16.5. The second kappa shape index (κ2) is 7.59. The zero-order valence-corrected chi connectivity index (χ0v) is 14.0. The first kappa shape index (κ1) is 17.5. The molecule has 6 nitrogen and oxygen atoms in total. The summed E-state index contributed by atoms with van der Waals surface area (Å²) >= 11 is 0. The van der Waals surface area contributed by atoms with Crippen molar-refractivity contribution < 1.29 is 14.3 Å². The lowest BCUT2D eigenvalue weighted by atomic mass is 9.91. The van der Waals surface area contributed by atoms with Gasteiger partial charge in [0.15, 0.2) is 0 Å². The standard InChI is InChI=1S/C18H21N3O3/c1-18(2,16(22)20-12-14-7-4-5-10-19-14)17(23)21-13-8-6-9-15(11-13)24-3/h4-11H,12H2,1-3H3,(H,20,22)(H,21,23). The maximum atomic E-state index is 12.5. The molecule has 0 unspecified atom stereocenters. The number of carbonyl (C=O) groups is 2. The first-order chi connectivity index (χ1) is 11.4. The van der Waals surface area contributed by atoms with E-state index in [-0.39, 0.29) is 12.5 Å². The fourth-order valence-corrected chi connectivity index (χ4v) is 1.99. The van der Waals surface area contributed by atoms with Crippen LogP contribution >= 0.6 is 0 Å². The van der Waals surface area contributed by atoms with Crippen molar-refractivity contribution in [2.45, 2.75) is 20.4 Å². The van der Waals surface area contributed by atoms with Crippen molar-refractivity contribution in [1.29, 1.82) is 0 Å². The molecule has 6 heteroatoms. The Labute approximate surface area is 141 Å². The van der Waals surface area contributed by atoms with E-state index in [1.54, 1.807) is 57.5 Å². The number of aromatic nitrogens is 1. The van der Waals surface area contributed by atoms with E-state index in [2.05, 4.69) is 15.6 Å². The van der Waals surface area contributed by atoms with Crippen molar-refractivity contribution in [2.75, 3.05) is 12.4 Å². The maximum absolute atomic E-state index is 12.5. The normalized spacial score (nSPS) is 10.8. The highest BCUT2D eigenvalue weighted by Crippen LogP contribution is 2.22. The average molecular weight is 327 g/mol. The lowest BCUT2D eigenvalue weighted by Gasteiger charge is -2.22. The second-order valence-corrected chi connectivity index (χ2v) is 5.81. The molecular weight excluding hydrogens is 306 g/mol. The van der Waals surface area contributed by atoms with E-state index in [9.17, 15) is 9.59 Å². The van der Waals surface area contributed by atoms with Gasteiger partial charge in [-0.3, -0.25) is 14.6 Å². The molecule has 0 radical (unpaired) electrons. The number of ether oxygens (including phenoxy) is 1. The zero-order valence-electron chi connectivity index (χ0n) is 14.0. The Morgan fingerprint density at radius 3 is 2.58 bits per heavy atom. The maximum Gasteiger partial charge on any atom is 0.239 e. The number of rotatable bonds is 6. The monoisotopic (exact) mass is 327 g/mol. The van der Waals surface area contributed by atoms with Gasteiger partial charge < -0.3 is 15.4 Å². The SMILES string of the molecule is COc1cccc(NC(=O)C(C)(C)C(=O)NCc2ccccn2)c1. The van der Waals surface area contributed by atoms with Crippen molar-refractivity contribution in [3.05, 3.63) is 54.4 Å². The average Bonchev–Trinajstić information content (AvgIpc) is 2.60. The molecule has 0 aliphatic carbocycles. The van der Waals surface area contributed by atoms with Crippen LogP contribution < -0.4 is 15.4 Å². The first-order valence-corrected chi connectivity index (χ1v) is 7.57. The molecule has 24 heavy (non-hydrogen) atoms. The Bertz CT molecular complexity index is 714. The Hall–Kier alpha value is -2.89. The Morgan fingerprint density at radius 1 is 1.12 bits per heavy atom. The summed E-state index contributed by atoms with van der Waals surface area (Å²) in [5.41, 5.74) is 0.0810. The Morgan fingerprint density at radius 2 is 1.92 bits per heavy atom. The van der Waals surface area contributed by atoms with Crippen molar-refractivity contribution in [3.63, 3.8) is 0 Å². The zero-order chi connectivity index (χ0) is 17.6. The third-order valence-corrected chi connectivity index (χ3v) is 3.62. The van der Waals surface area contributed by atoms with Crippen LogP contribution in [0, 0.1) is 5.41 Å². The molecule has 1 aromatic heterocycles. The van der Waals surface area contributed by atoms with E-state index in [0.717, 1.165) is 5.69 Å². The molecule has 0 aliphatic rings. The van der Waals surface area contributed by atoms with Crippen molar-refractivity contribution >= 4 is 17.5 Å². The minimum atomic E-state index is -1.22. The molecular formula is C18H21N3O3. The second-order valence-electron chi connectivity index (χ2n) is 5.81. The summed E-state index contributed by atoms with van der Waals surface area (Å²) in [4.78, 5) is 29.0. The molecule has 0 saturated heterocycles. The van der Waals surface area contributed by atoms with E-state index in [0.29, 0.717) is 11.4 Å². The van der Waals surface area contributed by atoms with Crippen LogP contribution in [-0.2, 0) is 16.1 Å². The molecule has 126 valence electrons. The number of anilines is 1. The number of pyridine rings is 1. The minimum Gasteiger partial charge on any atom is -0.497 e. The summed E-state index contributed by atoms with van der Waals surface area (Å²) in [6, 6.07) is 12.4. The highest BCUT2D eigenvalue weighted by molar-refractivity contribution is 6.09. The number of hydrogen-bond donors (Lipinski definition) is 2. The molecule has 2 N–H and O–H groups in total. The van der Waals surface area contributed by atoms with Crippen LogP contribution in [0.5, 0.6) is 5.75 Å². The molecule has 2 aromatic rings. The van der Waals surface area contributed by atoms with Crippen LogP contribution in [0.3, 0.4) is 0 Å². The topological polar surface area (TPSA) is 80.3 Å². The minimum absolute atomic E-state index is 0.273. The molecule has 2 amide bonds. The number of amides is 2. The van der Waals surface area contributed by atoms with E-state index >= 15 is 0 Å². The van der Waals surface area contributed by atoms with Gasteiger partial charge in [0, 0.05) is 18.0 Å². The summed E-state index contributed by atoms with van der Waals surface area (Å²) in [5, 5.41) is 5.48. The van der Waals surface area contributed by atoms with Gasteiger partial charge in [-0.05, 0) is 38.1 Å². The summed E-state index contributed by atoms with van der Waals surface area (Å²) in [7, 11) is 1.55. The Balaban J connectivity index is 1.99. The molecule has 0 fully saturated rings. The molecule has 1 heterocycles. The highest BCUT2D eigenvalue weighted by Gasteiger charge is 2.36. The van der Waals surface area contributed by atoms with Gasteiger partial charge >= 0.3 is 0 Å². The van der Waals surface area contributed by atoms with Crippen LogP contribution in [0.25, 0.3) is 0 Å². The third kappa shape index (κ3) is 4.32. The van der Waals surface area contributed by atoms with Crippen molar-refractivity contribution in [1.82, 2.24) is 10.3 Å². The van der Waals surface area contributed by atoms with E-state index in [4.69, 9.17) is 4.74 Å². The molecule has 0 aliphatic heterocycles. The number of nitrogens with one attached hydrogen (secondary N) is 2. The molecule has 1 aromatic carbocycles. The molecule has 0 spiro atoms. The smallest absolute Gasteiger partial charge is 0.239 e. The van der Waals surface area contributed by atoms with Crippen molar-refractivity contribution in [2.24, 2.45) is 5.41 Å². The van der Waals surface area contributed by atoms with E-state index in [1.807, 2.05) is 12.1 Å². The van der Waals surface area contributed by atoms with Gasteiger partial charge in [0.1, 0.15) is 11.2 Å². The fourth-order valence-electron chi connectivity index (χ4n) is 1.99. The molecule has 2 rings (SSSR count). The van der Waals surface area contributed by atoms with Crippen molar-refractivity contribution in [3.8, 4) is 5.75 Å². The van der Waals surface area contributed by atoms with Gasteiger partial charge in [-0.25, -0.2) is 0 Å². The number of hydrogen-bond acceptors (Lipinski definition) is 4. The Kier molecular flexibility index (Phi) is 5.52. The first-order valence-electron chi connectivity index (χ1n) is 7.57. The molecule has 0 atom stereocenters. The van der Waals surface area contributed by atoms with Gasteiger partial charge in [-0.1, -0.05) is 12.1 Å². The quantitative estimate of drug-likeness (QED) is 0.798. The number of carbonyl (C=O) groups excluding carboxylic acids is 2. The fraction of sp³-hybridized carbons (Fsp3) is 0.278. The van der Waals surface area contributed by atoms with Gasteiger partial charge in [-0.15, -0.1) is 0 Å². The summed E-state index contributed by atoms with van der Waals surface area (Å²) < 4.78 is 5.12. The van der Waals surface area contributed by atoms with Crippen LogP contribution in [0.4, 0.5) is 5.69 Å². The lowest BCUT2D eigenvalue weighted by molar-refractivity contribution is -0.138. The predicted molar refractivity (Wildman–Crippen MR) is 91.5 cm³/mol. The predicted octanol–water partition coefficient (Wildman–Crippen LogP) is 2.37. The molecule has 0 bridgehead atoms. The number of nitrogens with zero attached hydrogens (tertiary/aromatic N) is 1. The summed E-state index contributed by atoms with van der Waals surface area (Å²) in [6.45, 7) is 3.43. The van der Waals surface area contributed by atoms with Gasteiger partial charge in [-0.2, -0.15) is 0 Å². The van der Waals surface area contributed by atoms with Gasteiger partial charge in [0.25, 0.3) is 0 Å². The number of benzene rings is 1. The van der Waals surface area contributed by atoms with Gasteiger partial charge in [0.05, 0.1) is 19.3 Å². The number of methoxy groups -OCH3 is 1. The van der Waals surface area contributed by atoms with E-state index < -0.39 is 11.3 Å². The van der Waals surface area contributed by atoms with Crippen LogP contribution in [0.1, 0.15) is 19.5 Å². The van der Waals surface area contributed by atoms with Gasteiger partial charge in [0.2, 0.25) is 11.8 Å². The summed E-state index contributed by atoms with van der Waals surface area (Å²) in [6.07, 6.45) is 1.65. The van der Waals surface area contributed by atoms with Crippen LogP contribution in [0.15, 0.2) is 48.7 Å². The lowest BCUT2D eigenvalue weighted by Crippen LogP contribution is -2.44. The largest absolute Gasteiger partial charge is 0.497 e.